The Morgan fingerprint density at radius 1 is 1.00 bits per heavy atom. The first kappa shape index (κ1) is 18.2. The fraction of sp³-hybridized carbons (Fsp3) is 0.650. The molecule has 0 aromatic heterocycles. The largest absolute Gasteiger partial charge is 0.493 e. The van der Waals surface area contributed by atoms with Gasteiger partial charge in [-0.15, -0.1) is 0 Å². The number of ether oxygens (including phenoxy) is 4. The highest BCUT2D eigenvalue weighted by atomic mass is 16.9. The fourth-order valence-electron chi connectivity index (χ4n) is 3.19. The molecule has 0 N–H and O–H groups in total. The van der Waals surface area contributed by atoms with Gasteiger partial charge in [0.1, 0.15) is 12.4 Å². The molecule has 0 atom stereocenters. The predicted octanol–water partition coefficient (Wildman–Crippen LogP) is 4.01. The van der Waals surface area contributed by atoms with Crippen LogP contribution in [0.15, 0.2) is 24.3 Å². The Bertz CT molecular complexity index is 568. The molecular weight excluding hydrogens is 318 g/mol. The minimum Gasteiger partial charge on any atom is -0.493 e. The SMILES string of the molecule is CCCCCCCC12OCC(COc3ccc(C#N)cc3)(CO1)CO2. The van der Waals surface area contributed by atoms with Crippen LogP contribution < -0.4 is 4.74 Å². The van der Waals surface area contributed by atoms with Gasteiger partial charge < -0.3 is 18.9 Å². The van der Waals surface area contributed by atoms with Gasteiger partial charge in [-0.3, -0.25) is 0 Å². The summed E-state index contributed by atoms with van der Waals surface area (Å²) >= 11 is 0. The standard InChI is InChI=1S/C20H27NO4/c1-2-3-4-5-6-11-20-23-14-19(15-24-20,16-25-20)13-22-18-9-7-17(12-21)8-10-18/h7-10H,2-6,11,13-16H2,1H3. The highest BCUT2D eigenvalue weighted by Gasteiger charge is 2.52. The van der Waals surface area contributed by atoms with Crippen molar-refractivity contribution in [2.45, 2.75) is 51.4 Å². The van der Waals surface area contributed by atoms with Gasteiger partial charge in [-0.2, -0.15) is 5.26 Å². The predicted molar refractivity (Wildman–Crippen MR) is 93.0 cm³/mol. The molecule has 5 heteroatoms. The Hall–Kier alpha value is -1.61. The van der Waals surface area contributed by atoms with Gasteiger partial charge in [0.05, 0.1) is 36.9 Å². The smallest absolute Gasteiger partial charge is 0.282 e. The van der Waals surface area contributed by atoms with Crippen molar-refractivity contribution in [3.63, 3.8) is 0 Å². The highest BCUT2D eigenvalue weighted by Crippen LogP contribution is 2.41. The Kier molecular flexibility index (Phi) is 5.95. The van der Waals surface area contributed by atoms with Crippen molar-refractivity contribution in [2.75, 3.05) is 26.4 Å². The van der Waals surface area contributed by atoms with Crippen LogP contribution in [-0.2, 0) is 14.2 Å². The van der Waals surface area contributed by atoms with Crippen LogP contribution >= 0.6 is 0 Å². The topological polar surface area (TPSA) is 60.7 Å². The van der Waals surface area contributed by atoms with Gasteiger partial charge in [-0.05, 0) is 30.7 Å². The number of fused-ring (bicyclic) bond motifs is 3. The minimum atomic E-state index is -0.831. The van der Waals surface area contributed by atoms with Crippen molar-refractivity contribution >= 4 is 0 Å². The number of hydrogen-bond donors (Lipinski definition) is 0. The molecule has 25 heavy (non-hydrogen) atoms. The molecule has 4 rings (SSSR count). The molecule has 3 heterocycles. The third-order valence-corrected chi connectivity index (χ3v) is 4.91. The zero-order valence-corrected chi connectivity index (χ0v) is 15.0. The number of unbranched alkanes of at least 4 members (excludes halogenated alkanes) is 4. The summed E-state index contributed by atoms with van der Waals surface area (Å²) in [5.74, 6) is -0.0886. The molecule has 3 aliphatic rings. The van der Waals surface area contributed by atoms with E-state index in [1.54, 1.807) is 12.1 Å². The molecule has 0 amide bonds. The zero-order chi connectivity index (χ0) is 17.6. The van der Waals surface area contributed by atoms with Crippen molar-refractivity contribution in [3.05, 3.63) is 29.8 Å². The second kappa shape index (κ2) is 8.18. The lowest BCUT2D eigenvalue weighted by molar-refractivity contribution is -0.471. The van der Waals surface area contributed by atoms with E-state index in [1.165, 1.54) is 25.7 Å². The van der Waals surface area contributed by atoms with Crippen molar-refractivity contribution in [2.24, 2.45) is 5.41 Å². The Balaban J connectivity index is 1.44. The number of nitrogens with zero attached hydrogens (tertiary/aromatic N) is 1. The zero-order valence-electron chi connectivity index (χ0n) is 15.0. The molecule has 5 nitrogen and oxygen atoms in total. The van der Waals surface area contributed by atoms with E-state index in [1.807, 2.05) is 12.1 Å². The first-order chi connectivity index (χ1) is 12.2. The second-order valence-corrected chi connectivity index (χ2v) is 7.14. The van der Waals surface area contributed by atoms with Crippen molar-refractivity contribution in [3.8, 4) is 11.8 Å². The van der Waals surface area contributed by atoms with Crippen molar-refractivity contribution in [1.82, 2.24) is 0 Å². The van der Waals surface area contributed by atoms with Gasteiger partial charge in [-0.1, -0.05) is 32.6 Å². The van der Waals surface area contributed by atoms with E-state index in [4.69, 9.17) is 24.2 Å². The molecule has 3 saturated heterocycles. The first-order valence-corrected chi connectivity index (χ1v) is 9.24. The van der Waals surface area contributed by atoms with E-state index >= 15 is 0 Å². The summed E-state index contributed by atoms with van der Waals surface area (Å²) in [7, 11) is 0. The van der Waals surface area contributed by atoms with Crippen molar-refractivity contribution < 1.29 is 18.9 Å². The molecule has 0 radical (unpaired) electrons. The Morgan fingerprint density at radius 2 is 1.64 bits per heavy atom. The lowest BCUT2D eigenvalue weighted by atomic mass is 9.89. The van der Waals surface area contributed by atoms with Gasteiger partial charge >= 0.3 is 0 Å². The third kappa shape index (κ3) is 4.52. The third-order valence-electron chi connectivity index (χ3n) is 4.91. The monoisotopic (exact) mass is 345 g/mol. The van der Waals surface area contributed by atoms with Crippen LogP contribution in [0.1, 0.15) is 51.0 Å². The summed E-state index contributed by atoms with van der Waals surface area (Å²) in [4.78, 5) is 0. The summed E-state index contributed by atoms with van der Waals surface area (Å²) in [6.45, 7) is 4.48. The van der Waals surface area contributed by atoms with E-state index in [0.29, 0.717) is 32.0 Å². The van der Waals surface area contributed by atoms with Crippen LogP contribution in [-0.4, -0.2) is 32.4 Å². The summed E-state index contributed by atoms with van der Waals surface area (Å²) in [5, 5.41) is 8.83. The molecule has 1 aromatic carbocycles. The van der Waals surface area contributed by atoms with Crippen LogP contribution in [0, 0.1) is 16.7 Å². The van der Waals surface area contributed by atoms with E-state index in [2.05, 4.69) is 13.0 Å². The summed E-state index contributed by atoms with van der Waals surface area (Å²) in [6.07, 6.45) is 6.84. The molecule has 3 aliphatic heterocycles. The van der Waals surface area contributed by atoms with Crippen LogP contribution in [0.25, 0.3) is 0 Å². The second-order valence-electron chi connectivity index (χ2n) is 7.14. The molecule has 2 bridgehead atoms. The Labute approximate surface area is 149 Å². The van der Waals surface area contributed by atoms with E-state index in [9.17, 15) is 0 Å². The van der Waals surface area contributed by atoms with Gasteiger partial charge in [-0.25, -0.2) is 0 Å². The summed E-state index contributed by atoms with van der Waals surface area (Å²) in [5.41, 5.74) is 0.372. The van der Waals surface area contributed by atoms with Crippen molar-refractivity contribution in [1.29, 1.82) is 5.26 Å². The minimum absolute atomic E-state index is 0.252. The van der Waals surface area contributed by atoms with E-state index < -0.39 is 5.97 Å². The lowest BCUT2D eigenvalue weighted by Gasteiger charge is -2.51. The summed E-state index contributed by atoms with van der Waals surface area (Å²) in [6, 6.07) is 9.22. The van der Waals surface area contributed by atoms with Gasteiger partial charge in [0, 0.05) is 6.42 Å². The molecule has 136 valence electrons. The van der Waals surface area contributed by atoms with Crippen LogP contribution in [0.4, 0.5) is 0 Å². The maximum absolute atomic E-state index is 8.83. The van der Waals surface area contributed by atoms with Crippen LogP contribution in [0.3, 0.4) is 0 Å². The maximum Gasteiger partial charge on any atom is 0.282 e. The molecule has 3 fully saturated rings. The average molecular weight is 345 g/mol. The lowest BCUT2D eigenvalue weighted by Crippen LogP contribution is -2.61. The van der Waals surface area contributed by atoms with E-state index in [-0.39, 0.29) is 5.41 Å². The Morgan fingerprint density at radius 3 is 2.24 bits per heavy atom. The number of nitriles is 1. The molecule has 0 spiro atoms. The molecule has 1 aromatic rings. The number of hydrogen-bond acceptors (Lipinski definition) is 5. The quantitative estimate of drug-likeness (QED) is 0.633. The van der Waals surface area contributed by atoms with Gasteiger partial charge in [0.2, 0.25) is 0 Å². The van der Waals surface area contributed by atoms with Gasteiger partial charge in [0.15, 0.2) is 0 Å². The number of benzene rings is 1. The molecule has 0 aliphatic carbocycles. The summed E-state index contributed by atoms with van der Waals surface area (Å²) < 4.78 is 23.7. The average Bonchev–Trinajstić information content (AvgIpc) is 2.68. The van der Waals surface area contributed by atoms with Gasteiger partial charge in [0.25, 0.3) is 5.97 Å². The molecule has 0 unspecified atom stereocenters. The maximum atomic E-state index is 8.83. The fourth-order valence-corrected chi connectivity index (χ4v) is 3.19. The normalized spacial score (nSPS) is 27.8. The van der Waals surface area contributed by atoms with Crippen LogP contribution in [0.5, 0.6) is 5.75 Å². The first-order valence-electron chi connectivity index (χ1n) is 9.24. The molecular formula is C20H27NO4. The number of rotatable bonds is 9. The highest BCUT2D eigenvalue weighted by molar-refractivity contribution is 5.34. The molecule has 0 saturated carbocycles. The van der Waals surface area contributed by atoms with Crippen LogP contribution in [0.2, 0.25) is 0 Å². The van der Waals surface area contributed by atoms with E-state index in [0.717, 1.165) is 18.6 Å².